The van der Waals surface area contributed by atoms with Gasteiger partial charge in [0.1, 0.15) is 16.8 Å². The van der Waals surface area contributed by atoms with E-state index in [4.69, 9.17) is 4.74 Å². The van der Waals surface area contributed by atoms with Crippen LogP contribution < -0.4 is 10.1 Å². The van der Waals surface area contributed by atoms with Crippen molar-refractivity contribution in [3.05, 3.63) is 77.9 Å². The number of aromatic nitrogens is 3. The summed E-state index contributed by atoms with van der Waals surface area (Å²) in [7, 11) is 0. The minimum atomic E-state index is -0.187. The maximum absolute atomic E-state index is 12.5. The van der Waals surface area contributed by atoms with Crippen LogP contribution in [0.15, 0.2) is 66.7 Å². The molecule has 0 atom stereocenters. The predicted molar refractivity (Wildman–Crippen MR) is 109 cm³/mol. The number of hydrogen-bond acceptors (Lipinski definition) is 4. The predicted octanol–water partition coefficient (Wildman–Crippen LogP) is 4.38. The van der Waals surface area contributed by atoms with Crippen LogP contribution in [-0.4, -0.2) is 27.5 Å². The molecular formula is C22H20N4O2. The van der Waals surface area contributed by atoms with Gasteiger partial charge >= 0.3 is 0 Å². The number of fused-ring (bicyclic) bond motifs is 1. The monoisotopic (exact) mass is 372 g/mol. The third-order valence-corrected chi connectivity index (χ3v) is 4.30. The van der Waals surface area contributed by atoms with Crippen molar-refractivity contribution in [1.29, 1.82) is 0 Å². The summed E-state index contributed by atoms with van der Waals surface area (Å²) >= 11 is 0. The molecule has 1 amide bonds. The van der Waals surface area contributed by atoms with E-state index in [2.05, 4.69) is 15.5 Å². The second-order valence-corrected chi connectivity index (χ2v) is 6.44. The van der Waals surface area contributed by atoms with Crippen molar-refractivity contribution in [3.8, 4) is 11.4 Å². The van der Waals surface area contributed by atoms with Crippen LogP contribution in [0.4, 0.5) is 5.69 Å². The molecule has 3 aromatic carbocycles. The standard InChI is InChI=1S/C22H20N4O2/c1-3-28-19-10-7-16(8-11-19)22(27)23-17-9-12-20-21(14-17)25-26(24-20)18-6-4-5-15(2)13-18/h4-14H,3H2,1-2H3,(H,23,27). The second-order valence-electron chi connectivity index (χ2n) is 6.44. The Morgan fingerprint density at radius 2 is 1.79 bits per heavy atom. The SMILES string of the molecule is CCOc1ccc(C(=O)Nc2ccc3nn(-c4cccc(C)c4)nc3c2)cc1. The maximum Gasteiger partial charge on any atom is 0.255 e. The zero-order valence-electron chi connectivity index (χ0n) is 15.7. The molecule has 0 bridgehead atoms. The Labute approximate surface area is 162 Å². The zero-order valence-corrected chi connectivity index (χ0v) is 15.7. The number of rotatable bonds is 5. The Balaban J connectivity index is 1.55. The lowest BCUT2D eigenvalue weighted by Crippen LogP contribution is -2.11. The molecule has 4 aromatic rings. The highest BCUT2D eigenvalue weighted by atomic mass is 16.5. The summed E-state index contributed by atoms with van der Waals surface area (Å²) in [6.45, 7) is 4.54. The van der Waals surface area contributed by atoms with Gasteiger partial charge in [-0.2, -0.15) is 4.80 Å². The average Bonchev–Trinajstić information content (AvgIpc) is 3.12. The van der Waals surface area contributed by atoms with E-state index in [1.54, 1.807) is 29.1 Å². The molecular weight excluding hydrogens is 352 g/mol. The number of carbonyl (C=O) groups excluding carboxylic acids is 1. The van der Waals surface area contributed by atoms with E-state index in [0.29, 0.717) is 23.4 Å². The molecule has 0 radical (unpaired) electrons. The van der Waals surface area contributed by atoms with Crippen molar-refractivity contribution in [2.75, 3.05) is 11.9 Å². The zero-order chi connectivity index (χ0) is 19.5. The Kier molecular flexibility index (Phi) is 4.76. The molecule has 6 heteroatoms. The molecule has 140 valence electrons. The molecule has 0 unspecified atom stereocenters. The van der Waals surface area contributed by atoms with Gasteiger partial charge in [-0.1, -0.05) is 12.1 Å². The first-order valence-corrected chi connectivity index (χ1v) is 9.11. The van der Waals surface area contributed by atoms with Crippen molar-refractivity contribution in [1.82, 2.24) is 15.0 Å². The molecule has 0 saturated carbocycles. The Morgan fingerprint density at radius 1 is 1.00 bits per heavy atom. The third kappa shape index (κ3) is 3.71. The van der Waals surface area contributed by atoms with Crippen LogP contribution >= 0.6 is 0 Å². The quantitative estimate of drug-likeness (QED) is 0.564. The summed E-state index contributed by atoms with van der Waals surface area (Å²) in [5, 5.41) is 11.9. The first-order chi connectivity index (χ1) is 13.6. The molecule has 0 fully saturated rings. The van der Waals surface area contributed by atoms with Gasteiger partial charge in [0, 0.05) is 11.3 Å². The summed E-state index contributed by atoms with van der Waals surface area (Å²) in [4.78, 5) is 14.1. The summed E-state index contributed by atoms with van der Waals surface area (Å²) in [5.74, 6) is 0.557. The van der Waals surface area contributed by atoms with Crippen LogP contribution in [0.3, 0.4) is 0 Å². The fourth-order valence-corrected chi connectivity index (χ4v) is 2.93. The summed E-state index contributed by atoms with van der Waals surface area (Å²) in [6, 6.07) is 20.5. The number of aryl methyl sites for hydroxylation is 1. The number of ether oxygens (including phenoxy) is 1. The molecule has 0 aliphatic rings. The number of amides is 1. The van der Waals surface area contributed by atoms with E-state index in [9.17, 15) is 4.79 Å². The number of anilines is 1. The highest BCUT2D eigenvalue weighted by Crippen LogP contribution is 2.19. The molecule has 0 aliphatic heterocycles. The fourth-order valence-electron chi connectivity index (χ4n) is 2.93. The summed E-state index contributed by atoms with van der Waals surface area (Å²) in [5.41, 5.74) is 4.75. The number of hydrogen-bond donors (Lipinski definition) is 1. The lowest BCUT2D eigenvalue weighted by Gasteiger charge is -2.06. The first kappa shape index (κ1) is 17.7. The number of carbonyl (C=O) groups is 1. The second kappa shape index (κ2) is 7.52. The minimum absolute atomic E-state index is 0.187. The van der Waals surface area contributed by atoms with Gasteiger partial charge in [-0.3, -0.25) is 4.79 Å². The lowest BCUT2D eigenvalue weighted by atomic mass is 10.2. The molecule has 4 rings (SSSR count). The lowest BCUT2D eigenvalue weighted by molar-refractivity contribution is 0.102. The number of nitrogens with zero attached hydrogens (tertiary/aromatic N) is 3. The highest BCUT2D eigenvalue weighted by Gasteiger charge is 2.09. The van der Waals surface area contributed by atoms with Crippen LogP contribution in [0.1, 0.15) is 22.8 Å². The number of benzene rings is 3. The van der Waals surface area contributed by atoms with Gasteiger partial charge in [-0.15, -0.1) is 10.2 Å². The molecule has 6 nitrogen and oxygen atoms in total. The van der Waals surface area contributed by atoms with Gasteiger partial charge in [-0.05, 0) is 74.0 Å². The van der Waals surface area contributed by atoms with E-state index in [-0.39, 0.29) is 5.91 Å². The van der Waals surface area contributed by atoms with E-state index < -0.39 is 0 Å². The van der Waals surface area contributed by atoms with Gasteiger partial charge in [-0.25, -0.2) is 0 Å². The largest absolute Gasteiger partial charge is 0.494 e. The van der Waals surface area contributed by atoms with Gasteiger partial charge in [0.05, 0.1) is 12.3 Å². The van der Waals surface area contributed by atoms with Crippen molar-refractivity contribution in [2.45, 2.75) is 13.8 Å². The average molecular weight is 372 g/mol. The van der Waals surface area contributed by atoms with E-state index in [0.717, 1.165) is 22.5 Å². The van der Waals surface area contributed by atoms with Crippen LogP contribution in [0.5, 0.6) is 5.75 Å². The Bertz CT molecular complexity index is 1130. The van der Waals surface area contributed by atoms with E-state index >= 15 is 0 Å². The fraction of sp³-hybridized carbons (Fsp3) is 0.136. The molecule has 28 heavy (non-hydrogen) atoms. The van der Waals surface area contributed by atoms with E-state index in [1.807, 2.05) is 56.3 Å². The Hall–Kier alpha value is -3.67. The molecule has 1 aromatic heterocycles. The Morgan fingerprint density at radius 3 is 2.54 bits per heavy atom. The summed E-state index contributed by atoms with van der Waals surface area (Å²) in [6.07, 6.45) is 0. The molecule has 0 saturated heterocycles. The van der Waals surface area contributed by atoms with Crippen molar-refractivity contribution >= 4 is 22.6 Å². The van der Waals surface area contributed by atoms with Crippen LogP contribution in [0, 0.1) is 6.92 Å². The van der Waals surface area contributed by atoms with Gasteiger partial charge < -0.3 is 10.1 Å². The molecule has 0 aliphatic carbocycles. The molecule has 1 heterocycles. The third-order valence-electron chi connectivity index (χ3n) is 4.30. The smallest absolute Gasteiger partial charge is 0.255 e. The summed E-state index contributed by atoms with van der Waals surface area (Å²) < 4.78 is 5.40. The highest BCUT2D eigenvalue weighted by molar-refractivity contribution is 6.05. The van der Waals surface area contributed by atoms with Crippen LogP contribution in [0.2, 0.25) is 0 Å². The first-order valence-electron chi connectivity index (χ1n) is 9.11. The van der Waals surface area contributed by atoms with Gasteiger partial charge in [0.25, 0.3) is 5.91 Å². The van der Waals surface area contributed by atoms with Crippen LogP contribution in [-0.2, 0) is 0 Å². The maximum atomic E-state index is 12.5. The topological polar surface area (TPSA) is 69.0 Å². The minimum Gasteiger partial charge on any atom is -0.494 e. The van der Waals surface area contributed by atoms with Crippen molar-refractivity contribution in [2.24, 2.45) is 0 Å². The van der Waals surface area contributed by atoms with E-state index in [1.165, 1.54) is 0 Å². The normalized spacial score (nSPS) is 10.8. The number of nitrogens with one attached hydrogen (secondary N) is 1. The van der Waals surface area contributed by atoms with Crippen molar-refractivity contribution < 1.29 is 9.53 Å². The van der Waals surface area contributed by atoms with Crippen LogP contribution in [0.25, 0.3) is 16.7 Å². The molecule has 0 spiro atoms. The molecule has 1 N–H and O–H groups in total. The van der Waals surface area contributed by atoms with Gasteiger partial charge in [0.2, 0.25) is 0 Å². The van der Waals surface area contributed by atoms with Crippen molar-refractivity contribution in [3.63, 3.8) is 0 Å². The van der Waals surface area contributed by atoms with Gasteiger partial charge in [0.15, 0.2) is 0 Å².